The second-order valence-corrected chi connectivity index (χ2v) is 5.82. The van der Waals surface area contributed by atoms with E-state index < -0.39 is 17.6 Å². The smallest absolute Gasteiger partial charge is 0.428 e. The molecule has 19 heavy (non-hydrogen) atoms. The van der Waals surface area contributed by atoms with Crippen molar-refractivity contribution in [3.05, 3.63) is 17.9 Å². The summed E-state index contributed by atoms with van der Waals surface area (Å²) in [6.07, 6.45) is -0.884. The zero-order valence-corrected chi connectivity index (χ0v) is 11.5. The van der Waals surface area contributed by atoms with Gasteiger partial charge in [0.1, 0.15) is 16.9 Å². The van der Waals surface area contributed by atoms with Gasteiger partial charge in [-0.25, -0.2) is 9.18 Å². The molecular weight excluding hydrogens is 271 g/mol. The van der Waals surface area contributed by atoms with Gasteiger partial charge in [-0.3, -0.25) is 0 Å². The third-order valence-corrected chi connectivity index (χ3v) is 3.01. The summed E-state index contributed by atoms with van der Waals surface area (Å²) in [4.78, 5) is 15.4. The summed E-state index contributed by atoms with van der Waals surface area (Å²) in [6, 6.07) is 2.65. The topological polar surface area (TPSA) is 74.4 Å². The Morgan fingerprint density at radius 2 is 2.11 bits per heavy atom. The van der Waals surface area contributed by atoms with E-state index in [0.717, 1.165) is 11.3 Å². The number of carbonyl (C=O) groups excluding carboxylic acids is 1. The summed E-state index contributed by atoms with van der Waals surface area (Å²) in [5.74, 6) is -0.458. The molecule has 0 atom stereocenters. The summed E-state index contributed by atoms with van der Waals surface area (Å²) in [6.45, 7) is 5.14. The molecule has 2 aromatic rings. The summed E-state index contributed by atoms with van der Waals surface area (Å²) < 4.78 is 23.7. The summed E-state index contributed by atoms with van der Waals surface area (Å²) in [7, 11) is 0. The van der Waals surface area contributed by atoms with Crippen molar-refractivity contribution >= 4 is 33.4 Å². The second-order valence-electron chi connectivity index (χ2n) is 4.86. The van der Waals surface area contributed by atoms with Crippen LogP contribution in [0.15, 0.2) is 12.1 Å². The van der Waals surface area contributed by atoms with Crippen molar-refractivity contribution < 1.29 is 18.7 Å². The molecular formula is C12H13FN2O3S. The number of hydrogen-bond acceptors (Lipinski definition) is 6. The largest absolute Gasteiger partial charge is 0.516 e. The highest BCUT2D eigenvalue weighted by Gasteiger charge is 2.20. The highest BCUT2D eigenvalue weighted by molar-refractivity contribution is 7.20. The maximum atomic E-state index is 13.5. The van der Waals surface area contributed by atoms with Crippen molar-refractivity contribution in [1.29, 1.82) is 0 Å². The number of nitrogens with zero attached hydrogens (tertiary/aromatic N) is 1. The third kappa shape index (κ3) is 3.11. The van der Waals surface area contributed by atoms with Crippen LogP contribution in [-0.2, 0) is 4.74 Å². The molecule has 0 aliphatic rings. The number of nitrogen functional groups attached to an aromatic ring is 1. The van der Waals surface area contributed by atoms with Gasteiger partial charge in [0.15, 0.2) is 0 Å². The molecule has 2 N–H and O–H groups in total. The van der Waals surface area contributed by atoms with Crippen LogP contribution in [0, 0.1) is 5.82 Å². The minimum Gasteiger partial charge on any atom is -0.428 e. The minimum absolute atomic E-state index is 0.000972. The van der Waals surface area contributed by atoms with Crippen molar-refractivity contribution in [2.45, 2.75) is 26.4 Å². The number of rotatable bonds is 1. The Bertz CT molecular complexity index is 595. The van der Waals surface area contributed by atoms with Gasteiger partial charge in [0.05, 0.1) is 10.4 Å². The highest BCUT2D eigenvalue weighted by atomic mass is 32.1. The molecule has 0 bridgehead atoms. The summed E-state index contributed by atoms with van der Waals surface area (Å²) in [5.41, 5.74) is 5.61. The van der Waals surface area contributed by atoms with E-state index in [1.165, 1.54) is 12.1 Å². The molecule has 2 rings (SSSR count). The molecule has 1 aromatic heterocycles. The lowest BCUT2D eigenvalue weighted by Gasteiger charge is -2.17. The predicted molar refractivity (Wildman–Crippen MR) is 70.9 cm³/mol. The van der Waals surface area contributed by atoms with E-state index in [9.17, 15) is 9.18 Å². The third-order valence-electron chi connectivity index (χ3n) is 2.07. The number of fused-ring (bicyclic) bond motifs is 1. The van der Waals surface area contributed by atoms with Crippen molar-refractivity contribution in [2.24, 2.45) is 0 Å². The first-order chi connectivity index (χ1) is 8.76. The zero-order valence-electron chi connectivity index (χ0n) is 10.7. The van der Waals surface area contributed by atoms with Gasteiger partial charge in [-0.15, -0.1) is 0 Å². The van der Waals surface area contributed by atoms with E-state index in [1.54, 1.807) is 20.8 Å². The first-order valence-electron chi connectivity index (χ1n) is 5.51. The van der Waals surface area contributed by atoms with Crippen molar-refractivity contribution in [3.8, 4) is 5.19 Å². The maximum absolute atomic E-state index is 13.5. The zero-order chi connectivity index (χ0) is 14.2. The number of ether oxygens (including phenoxy) is 2. The fraction of sp³-hybridized carbons (Fsp3) is 0.333. The fourth-order valence-corrected chi connectivity index (χ4v) is 2.21. The van der Waals surface area contributed by atoms with Gasteiger partial charge in [-0.2, -0.15) is 4.98 Å². The van der Waals surface area contributed by atoms with E-state index in [1.807, 2.05) is 0 Å². The molecule has 0 aliphatic heterocycles. The average molecular weight is 284 g/mol. The molecule has 102 valence electrons. The molecule has 0 aliphatic carbocycles. The number of hydrogen-bond donors (Lipinski definition) is 1. The first-order valence-corrected chi connectivity index (χ1v) is 6.33. The fourth-order valence-electron chi connectivity index (χ4n) is 1.36. The summed E-state index contributed by atoms with van der Waals surface area (Å²) >= 11 is 0.903. The number of aromatic nitrogens is 1. The van der Waals surface area contributed by atoms with Crippen LogP contribution in [0.25, 0.3) is 10.2 Å². The lowest BCUT2D eigenvalue weighted by molar-refractivity contribution is 0.0206. The molecule has 0 unspecified atom stereocenters. The quantitative estimate of drug-likeness (QED) is 0.642. The number of thiazole rings is 1. The van der Waals surface area contributed by atoms with Gasteiger partial charge in [-0.1, -0.05) is 11.3 Å². The first kappa shape index (κ1) is 13.5. The Labute approximate surface area is 113 Å². The molecule has 1 heterocycles. The molecule has 7 heteroatoms. The number of benzene rings is 1. The molecule has 0 fully saturated rings. The molecule has 1 aromatic carbocycles. The van der Waals surface area contributed by atoms with Crippen LogP contribution in [0.1, 0.15) is 20.8 Å². The van der Waals surface area contributed by atoms with E-state index in [0.29, 0.717) is 5.69 Å². The molecule has 0 amide bonds. The number of nitrogens with two attached hydrogens (primary N) is 1. The van der Waals surface area contributed by atoms with Crippen LogP contribution in [-0.4, -0.2) is 16.7 Å². The molecule has 5 nitrogen and oxygen atoms in total. The van der Waals surface area contributed by atoms with E-state index in [2.05, 4.69) is 4.98 Å². The molecule has 0 saturated heterocycles. The number of anilines is 1. The van der Waals surface area contributed by atoms with Gasteiger partial charge in [0.25, 0.3) is 5.19 Å². The van der Waals surface area contributed by atoms with Gasteiger partial charge in [0.2, 0.25) is 0 Å². The lowest BCUT2D eigenvalue weighted by Crippen LogP contribution is -2.25. The van der Waals surface area contributed by atoms with Crippen molar-refractivity contribution in [3.63, 3.8) is 0 Å². The molecule has 0 spiro atoms. The average Bonchev–Trinajstić information content (AvgIpc) is 2.65. The SMILES string of the molecule is CC(C)(C)OC(=O)Oc1nc2c(N)ccc(F)c2s1. The minimum atomic E-state index is -0.884. The van der Waals surface area contributed by atoms with E-state index in [-0.39, 0.29) is 15.4 Å². The van der Waals surface area contributed by atoms with E-state index in [4.69, 9.17) is 15.2 Å². The van der Waals surface area contributed by atoms with Crippen LogP contribution in [0.4, 0.5) is 14.9 Å². The van der Waals surface area contributed by atoms with Gasteiger partial charge >= 0.3 is 6.16 Å². The van der Waals surface area contributed by atoms with Crippen LogP contribution in [0.3, 0.4) is 0 Å². The Morgan fingerprint density at radius 3 is 2.68 bits per heavy atom. The van der Waals surface area contributed by atoms with Gasteiger partial charge < -0.3 is 15.2 Å². The van der Waals surface area contributed by atoms with E-state index >= 15 is 0 Å². The highest BCUT2D eigenvalue weighted by Crippen LogP contribution is 2.33. The Kier molecular flexibility index (Phi) is 3.32. The molecule has 0 radical (unpaired) electrons. The monoisotopic (exact) mass is 284 g/mol. The maximum Gasteiger partial charge on any atom is 0.516 e. The predicted octanol–water partition coefficient (Wildman–Crippen LogP) is 3.33. The lowest BCUT2D eigenvalue weighted by atomic mass is 10.2. The van der Waals surface area contributed by atoms with Gasteiger partial charge in [-0.05, 0) is 32.9 Å². The number of carbonyl (C=O) groups is 1. The Morgan fingerprint density at radius 1 is 1.42 bits per heavy atom. The normalized spacial score (nSPS) is 11.6. The van der Waals surface area contributed by atoms with Crippen LogP contribution >= 0.6 is 11.3 Å². The Hall–Kier alpha value is -1.89. The standard InChI is InChI=1S/C12H13FN2O3S/c1-12(2,3)18-11(16)17-10-15-8-7(14)5-4-6(13)9(8)19-10/h4-5H,14H2,1-3H3. The van der Waals surface area contributed by atoms with Crippen molar-refractivity contribution in [1.82, 2.24) is 4.98 Å². The number of halogens is 1. The van der Waals surface area contributed by atoms with Crippen LogP contribution < -0.4 is 10.5 Å². The van der Waals surface area contributed by atoms with Crippen LogP contribution in [0.5, 0.6) is 5.19 Å². The molecule has 0 saturated carbocycles. The van der Waals surface area contributed by atoms with Gasteiger partial charge in [0, 0.05) is 0 Å². The van der Waals surface area contributed by atoms with Crippen LogP contribution in [0.2, 0.25) is 0 Å². The second kappa shape index (κ2) is 4.65. The summed E-state index contributed by atoms with van der Waals surface area (Å²) in [5, 5.41) is 0.000972. The van der Waals surface area contributed by atoms with Crippen molar-refractivity contribution in [2.75, 3.05) is 5.73 Å². The Balaban J connectivity index is 2.25.